The van der Waals surface area contributed by atoms with Gasteiger partial charge in [-0.15, -0.1) is 0 Å². The van der Waals surface area contributed by atoms with E-state index in [0.717, 1.165) is 17.9 Å². The molecule has 0 amide bonds. The smallest absolute Gasteiger partial charge is 0.219 e. The Morgan fingerprint density at radius 2 is 1.90 bits per heavy atom. The molecular weight excluding hydrogens is 260 g/mol. The van der Waals surface area contributed by atoms with Crippen molar-refractivity contribution in [1.82, 2.24) is 10.3 Å². The minimum atomic E-state index is 0.462. The summed E-state index contributed by atoms with van der Waals surface area (Å²) in [5.41, 5.74) is 4.78. The predicted molar refractivity (Wildman–Crippen MR) is 86.9 cm³/mol. The molecule has 0 aliphatic heterocycles. The van der Waals surface area contributed by atoms with Crippen molar-refractivity contribution in [2.24, 2.45) is 0 Å². The third kappa shape index (κ3) is 4.30. The van der Waals surface area contributed by atoms with E-state index in [1.54, 1.807) is 6.20 Å². The highest BCUT2D eigenvalue weighted by atomic mass is 16.5. The third-order valence-electron chi connectivity index (χ3n) is 3.49. The summed E-state index contributed by atoms with van der Waals surface area (Å²) in [4.78, 5) is 4.31. The van der Waals surface area contributed by atoms with E-state index in [-0.39, 0.29) is 0 Å². The van der Waals surface area contributed by atoms with E-state index in [4.69, 9.17) is 4.74 Å². The summed E-state index contributed by atoms with van der Waals surface area (Å²) in [6.07, 6.45) is 1.80. The molecule has 0 spiro atoms. The lowest BCUT2D eigenvalue weighted by atomic mass is 10.1. The first-order chi connectivity index (χ1) is 9.95. The molecule has 1 aromatic heterocycles. The van der Waals surface area contributed by atoms with Gasteiger partial charge in [-0.2, -0.15) is 0 Å². The number of pyridine rings is 1. The Morgan fingerprint density at radius 3 is 2.62 bits per heavy atom. The largest absolute Gasteiger partial charge is 0.439 e. The van der Waals surface area contributed by atoms with Gasteiger partial charge in [0.05, 0.1) is 0 Å². The van der Waals surface area contributed by atoms with Crippen molar-refractivity contribution in [1.29, 1.82) is 0 Å². The molecule has 2 rings (SSSR count). The summed E-state index contributed by atoms with van der Waals surface area (Å²) in [5, 5.41) is 3.40. The molecule has 3 heteroatoms. The molecule has 0 unspecified atom stereocenters. The van der Waals surface area contributed by atoms with Crippen LogP contribution in [0.15, 0.2) is 30.5 Å². The third-order valence-corrected chi connectivity index (χ3v) is 3.49. The molecular formula is C18H24N2O. The van der Waals surface area contributed by atoms with Crippen molar-refractivity contribution in [3.63, 3.8) is 0 Å². The molecule has 0 saturated carbocycles. The van der Waals surface area contributed by atoms with Crippen molar-refractivity contribution in [3.05, 3.63) is 52.7 Å². The van der Waals surface area contributed by atoms with E-state index < -0.39 is 0 Å². The van der Waals surface area contributed by atoms with E-state index in [9.17, 15) is 0 Å². The Morgan fingerprint density at radius 1 is 1.14 bits per heavy atom. The first-order valence-corrected chi connectivity index (χ1v) is 7.39. The second-order valence-electron chi connectivity index (χ2n) is 5.84. The summed E-state index contributed by atoms with van der Waals surface area (Å²) in [6, 6.07) is 8.69. The SMILES string of the molecule is Cc1cc(C)c(C)c(Oc2cc(CNC(C)C)ccn2)c1. The minimum absolute atomic E-state index is 0.462. The maximum Gasteiger partial charge on any atom is 0.219 e. The van der Waals surface area contributed by atoms with Crippen molar-refractivity contribution >= 4 is 0 Å². The Bertz CT molecular complexity index is 621. The second kappa shape index (κ2) is 6.72. The molecule has 0 radical (unpaired) electrons. The zero-order valence-corrected chi connectivity index (χ0v) is 13.5. The normalized spacial score (nSPS) is 11.0. The molecule has 0 aliphatic rings. The summed E-state index contributed by atoms with van der Waals surface area (Å²) < 4.78 is 5.98. The monoisotopic (exact) mass is 284 g/mol. The molecule has 0 bridgehead atoms. The van der Waals surface area contributed by atoms with Crippen LogP contribution in [-0.4, -0.2) is 11.0 Å². The average Bonchev–Trinajstić information content (AvgIpc) is 2.42. The zero-order chi connectivity index (χ0) is 15.4. The van der Waals surface area contributed by atoms with Crippen molar-refractivity contribution in [2.75, 3.05) is 0 Å². The molecule has 112 valence electrons. The molecule has 3 nitrogen and oxygen atoms in total. The van der Waals surface area contributed by atoms with Gasteiger partial charge in [-0.3, -0.25) is 0 Å². The van der Waals surface area contributed by atoms with Crippen molar-refractivity contribution in [2.45, 2.75) is 47.2 Å². The number of nitrogens with zero attached hydrogens (tertiary/aromatic N) is 1. The van der Waals surface area contributed by atoms with Gasteiger partial charge in [0.1, 0.15) is 5.75 Å². The maximum absolute atomic E-state index is 5.98. The average molecular weight is 284 g/mol. The van der Waals surface area contributed by atoms with Gasteiger partial charge in [0, 0.05) is 24.8 Å². The van der Waals surface area contributed by atoms with Crippen LogP contribution in [0.4, 0.5) is 0 Å². The number of ether oxygens (including phenoxy) is 1. The second-order valence-corrected chi connectivity index (χ2v) is 5.84. The molecule has 0 atom stereocenters. The molecule has 1 N–H and O–H groups in total. The Labute approximate surface area is 127 Å². The van der Waals surface area contributed by atoms with E-state index >= 15 is 0 Å². The van der Waals surface area contributed by atoms with Crippen LogP contribution in [0, 0.1) is 20.8 Å². The summed E-state index contributed by atoms with van der Waals surface area (Å²) in [6.45, 7) is 11.4. The van der Waals surface area contributed by atoms with Gasteiger partial charge >= 0.3 is 0 Å². The highest BCUT2D eigenvalue weighted by Crippen LogP contribution is 2.27. The number of hydrogen-bond donors (Lipinski definition) is 1. The van der Waals surface area contributed by atoms with E-state index in [0.29, 0.717) is 11.9 Å². The van der Waals surface area contributed by atoms with Gasteiger partial charge in [0.2, 0.25) is 5.88 Å². The number of benzene rings is 1. The quantitative estimate of drug-likeness (QED) is 0.889. The van der Waals surface area contributed by atoms with Crippen LogP contribution in [0.3, 0.4) is 0 Å². The first-order valence-electron chi connectivity index (χ1n) is 7.39. The van der Waals surface area contributed by atoms with Crippen LogP contribution >= 0.6 is 0 Å². The minimum Gasteiger partial charge on any atom is -0.439 e. The van der Waals surface area contributed by atoms with Gasteiger partial charge < -0.3 is 10.1 Å². The van der Waals surface area contributed by atoms with E-state index in [2.05, 4.69) is 57.1 Å². The number of aryl methyl sites for hydroxylation is 2. The van der Waals surface area contributed by atoms with Crippen LogP contribution in [0.1, 0.15) is 36.1 Å². The highest BCUT2D eigenvalue weighted by molar-refractivity contribution is 5.43. The number of rotatable bonds is 5. The lowest BCUT2D eigenvalue weighted by Crippen LogP contribution is -2.21. The highest BCUT2D eigenvalue weighted by Gasteiger charge is 2.07. The van der Waals surface area contributed by atoms with E-state index in [1.165, 1.54) is 16.7 Å². The maximum atomic E-state index is 5.98. The van der Waals surface area contributed by atoms with Crippen LogP contribution in [0.25, 0.3) is 0 Å². The lowest BCUT2D eigenvalue weighted by Gasteiger charge is -2.13. The fraction of sp³-hybridized carbons (Fsp3) is 0.389. The first kappa shape index (κ1) is 15.5. The van der Waals surface area contributed by atoms with Crippen LogP contribution in [-0.2, 0) is 6.54 Å². The Kier molecular flexibility index (Phi) is 4.97. The number of hydrogen-bond acceptors (Lipinski definition) is 3. The summed E-state index contributed by atoms with van der Waals surface area (Å²) in [5.74, 6) is 1.53. The Balaban J connectivity index is 2.18. The fourth-order valence-electron chi connectivity index (χ4n) is 2.16. The van der Waals surface area contributed by atoms with Gasteiger partial charge in [-0.1, -0.05) is 19.9 Å². The zero-order valence-electron chi connectivity index (χ0n) is 13.5. The van der Waals surface area contributed by atoms with Crippen LogP contribution in [0.2, 0.25) is 0 Å². The molecule has 1 heterocycles. The Hall–Kier alpha value is -1.87. The molecule has 0 aliphatic carbocycles. The summed E-state index contributed by atoms with van der Waals surface area (Å²) >= 11 is 0. The van der Waals surface area contributed by atoms with Gasteiger partial charge in [0.15, 0.2) is 0 Å². The topological polar surface area (TPSA) is 34.1 Å². The lowest BCUT2D eigenvalue weighted by molar-refractivity contribution is 0.457. The van der Waals surface area contributed by atoms with Crippen LogP contribution in [0.5, 0.6) is 11.6 Å². The van der Waals surface area contributed by atoms with E-state index in [1.807, 2.05) is 12.1 Å². The van der Waals surface area contributed by atoms with Gasteiger partial charge in [-0.05, 0) is 55.2 Å². The predicted octanol–water partition coefficient (Wildman–Crippen LogP) is 4.30. The van der Waals surface area contributed by atoms with Crippen molar-refractivity contribution < 1.29 is 4.74 Å². The summed E-state index contributed by atoms with van der Waals surface area (Å²) in [7, 11) is 0. The van der Waals surface area contributed by atoms with Gasteiger partial charge in [-0.25, -0.2) is 4.98 Å². The number of aromatic nitrogens is 1. The molecule has 0 saturated heterocycles. The molecule has 2 aromatic rings. The standard InChI is InChI=1S/C18H24N2O/c1-12(2)20-11-16-6-7-19-18(10-16)21-17-9-13(3)8-14(4)15(17)5/h6-10,12,20H,11H2,1-5H3. The van der Waals surface area contributed by atoms with Crippen molar-refractivity contribution in [3.8, 4) is 11.6 Å². The number of nitrogens with one attached hydrogen (secondary N) is 1. The fourth-order valence-corrected chi connectivity index (χ4v) is 2.16. The van der Waals surface area contributed by atoms with Crippen LogP contribution < -0.4 is 10.1 Å². The molecule has 21 heavy (non-hydrogen) atoms. The van der Waals surface area contributed by atoms with Gasteiger partial charge in [0.25, 0.3) is 0 Å². The molecule has 0 fully saturated rings. The molecule has 1 aromatic carbocycles.